The second-order valence-corrected chi connectivity index (χ2v) is 13.6. The molecular weight excluding hydrogens is 616 g/mol. The summed E-state index contributed by atoms with van der Waals surface area (Å²) >= 11 is 0. The SMILES string of the molecule is CCCCc1ccc(COc2ccc3c(c2)CN(C(=O)OC(C)(C)C)[C@H](C(=O)N[C@@H](Cc2ccc(-c4ccccc4)cc2)C(=O)O)C3)cc1. The minimum absolute atomic E-state index is 0.0913. The Morgan fingerprint density at radius 1 is 0.857 bits per heavy atom. The van der Waals surface area contributed by atoms with Gasteiger partial charge in [-0.1, -0.05) is 98.3 Å². The maximum absolute atomic E-state index is 13.8. The number of ether oxygens (including phenoxy) is 2. The molecular formula is C41H46N2O6. The van der Waals surface area contributed by atoms with Crippen molar-refractivity contribution in [3.05, 3.63) is 125 Å². The van der Waals surface area contributed by atoms with Gasteiger partial charge in [-0.15, -0.1) is 0 Å². The van der Waals surface area contributed by atoms with E-state index in [1.54, 1.807) is 20.8 Å². The first-order valence-corrected chi connectivity index (χ1v) is 17.0. The third-order valence-corrected chi connectivity index (χ3v) is 8.60. The van der Waals surface area contributed by atoms with Crippen LogP contribution in [-0.2, 0) is 46.7 Å². The van der Waals surface area contributed by atoms with Gasteiger partial charge in [0, 0.05) is 12.8 Å². The number of carboxylic acid groups (broad SMARTS) is 1. The topological polar surface area (TPSA) is 105 Å². The summed E-state index contributed by atoms with van der Waals surface area (Å²) in [6.07, 6.45) is 3.05. The first-order chi connectivity index (χ1) is 23.5. The molecule has 0 aromatic heterocycles. The molecule has 0 aliphatic carbocycles. The fraction of sp³-hybridized carbons (Fsp3) is 0.341. The molecule has 2 atom stereocenters. The smallest absolute Gasteiger partial charge is 0.411 e. The Morgan fingerprint density at radius 3 is 2.16 bits per heavy atom. The van der Waals surface area contributed by atoms with E-state index in [2.05, 4.69) is 36.5 Å². The summed E-state index contributed by atoms with van der Waals surface area (Å²) in [6.45, 7) is 8.01. The first-order valence-electron chi connectivity index (χ1n) is 17.0. The van der Waals surface area contributed by atoms with E-state index in [4.69, 9.17) is 9.47 Å². The van der Waals surface area contributed by atoms with Gasteiger partial charge in [-0.3, -0.25) is 9.69 Å². The van der Waals surface area contributed by atoms with Gasteiger partial charge >= 0.3 is 12.1 Å². The van der Waals surface area contributed by atoms with Gasteiger partial charge < -0.3 is 19.9 Å². The lowest BCUT2D eigenvalue weighted by Crippen LogP contribution is -2.56. The average Bonchev–Trinajstić information content (AvgIpc) is 3.09. The van der Waals surface area contributed by atoms with Crippen LogP contribution in [0.4, 0.5) is 4.79 Å². The number of carbonyl (C=O) groups is 3. The molecule has 1 aliphatic rings. The maximum Gasteiger partial charge on any atom is 0.411 e. The van der Waals surface area contributed by atoms with Crippen LogP contribution in [0.1, 0.15) is 68.4 Å². The maximum atomic E-state index is 13.8. The van der Waals surface area contributed by atoms with Gasteiger partial charge in [-0.2, -0.15) is 0 Å². The Balaban J connectivity index is 1.29. The zero-order valence-electron chi connectivity index (χ0n) is 28.8. The number of benzene rings is 4. The molecule has 0 radical (unpaired) electrons. The third kappa shape index (κ3) is 9.72. The van der Waals surface area contributed by atoms with Crippen LogP contribution < -0.4 is 10.1 Å². The number of carboxylic acids is 1. The number of unbranched alkanes of at least 4 members (excludes halogenated alkanes) is 1. The van der Waals surface area contributed by atoms with E-state index in [-0.39, 0.29) is 19.4 Å². The minimum atomic E-state index is -1.19. The van der Waals surface area contributed by atoms with Crippen molar-refractivity contribution < 1.29 is 29.0 Å². The fourth-order valence-electron chi connectivity index (χ4n) is 5.91. The predicted octanol–water partition coefficient (Wildman–Crippen LogP) is 7.75. The van der Waals surface area contributed by atoms with E-state index in [0.29, 0.717) is 12.4 Å². The number of rotatable bonds is 12. The molecule has 1 heterocycles. The quantitative estimate of drug-likeness (QED) is 0.161. The van der Waals surface area contributed by atoms with Gasteiger partial charge in [0.05, 0.1) is 6.54 Å². The van der Waals surface area contributed by atoms with Crippen molar-refractivity contribution in [1.29, 1.82) is 0 Å². The summed E-state index contributed by atoms with van der Waals surface area (Å²) in [4.78, 5) is 41.0. The lowest BCUT2D eigenvalue weighted by Gasteiger charge is -2.37. The van der Waals surface area contributed by atoms with Crippen LogP contribution in [0.3, 0.4) is 0 Å². The highest BCUT2D eigenvalue weighted by Crippen LogP contribution is 2.29. The molecule has 2 amide bonds. The van der Waals surface area contributed by atoms with Gasteiger partial charge in [-0.25, -0.2) is 9.59 Å². The summed E-state index contributed by atoms with van der Waals surface area (Å²) < 4.78 is 11.8. The minimum Gasteiger partial charge on any atom is -0.489 e. The highest BCUT2D eigenvalue weighted by molar-refractivity contribution is 5.90. The van der Waals surface area contributed by atoms with Crippen LogP contribution >= 0.6 is 0 Å². The first kappa shape index (κ1) is 35.2. The van der Waals surface area contributed by atoms with Crippen molar-refractivity contribution in [3.63, 3.8) is 0 Å². The second-order valence-electron chi connectivity index (χ2n) is 13.6. The monoisotopic (exact) mass is 662 g/mol. The zero-order valence-corrected chi connectivity index (χ0v) is 28.8. The van der Waals surface area contributed by atoms with Crippen molar-refractivity contribution in [2.45, 2.75) is 90.6 Å². The standard InChI is InChI=1S/C41H46N2O6/c1-5-6-10-28-13-15-30(16-14-28)27-48-35-22-21-33-25-37(43(26-34(33)24-35)40(47)49-41(2,3)4)38(44)42-36(39(45)46)23-29-17-19-32(20-18-29)31-11-8-7-9-12-31/h7-9,11-22,24,36-37H,5-6,10,23,25-27H2,1-4H3,(H,42,44)(H,45,46)/t36-,37-/m0/s1. The molecule has 8 heteroatoms. The number of hydrogen-bond donors (Lipinski definition) is 2. The van der Waals surface area contributed by atoms with Crippen molar-refractivity contribution in [3.8, 4) is 16.9 Å². The lowest BCUT2D eigenvalue weighted by molar-refractivity contribution is -0.142. The van der Waals surface area contributed by atoms with E-state index < -0.39 is 35.7 Å². The Morgan fingerprint density at radius 2 is 1.51 bits per heavy atom. The number of fused-ring (bicyclic) bond motifs is 1. The highest BCUT2D eigenvalue weighted by Gasteiger charge is 2.38. The number of aliphatic carboxylic acids is 1. The predicted molar refractivity (Wildman–Crippen MR) is 190 cm³/mol. The molecule has 0 bridgehead atoms. The van der Waals surface area contributed by atoms with Crippen molar-refractivity contribution in [2.24, 2.45) is 0 Å². The summed E-state index contributed by atoms with van der Waals surface area (Å²) in [6, 6.07) is 29.5. The van der Waals surface area contributed by atoms with Gasteiger partial charge in [0.1, 0.15) is 30.0 Å². The van der Waals surface area contributed by atoms with Crippen LogP contribution in [-0.4, -0.2) is 45.7 Å². The number of nitrogens with zero attached hydrogens (tertiary/aromatic N) is 1. The van der Waals surface area contributed by atoms with E-state index >= 15 is 0 Å². The molecule has 5 rings (SSSR count). The summed E-state index contributed by atoms with van der Waals surface area (Å²) in [7, 11) is 0. The largest absolute Gasteiger partial charge is 0.489 e. The Hall–Kier alpha value is -5.11. The molecule has 49 heavy (non-hydrogen) atoms. The van der Waals surface area contributed by atoms with E-state index in [9.17, 15) is 19.5 Å². The number of carbonyl (C=O) groups excluding carboxylic acids is 2. The van der Waals surface area contributed by atoms with Gasteiger partial charge in [0.25, 0.3) is 0 Å². The molecule has 8 nitrogen and oxygen atoms in total. The molecule has 1 aliphatic heterocycles. The fourth-order valence-corrected chi connectivity index (χ4v) is 5.91. The van der Waals surface area contributed by atoms with E-state index in [1.807, 2.05) is 72.8 Å². The Kier molecular flexibility index (Phi) is 11.4. The van der Waals surface area contributed by atoms with Crippen molar-refractivity contribution >= 4 is 18.0 Å². The van der Waals surface area contributed by atoms with Gasteiger partial charge in [0.2, 0.25) is 5.91 Å². The molecule has 0 spiro atoms. The molecule has 0 saturated heterocycles. The highest BCUT2D eigenvalue weighted by atomic mass is 16.6. The second kappa shape index (κ2) is 15.9. The summed E-state index contributed by atoms with van der Waals surface area (Å²) in [5.41, 5.74) is 6.15. The molecule has 4 aromatic carbocycles. The van der Waals surface area contributed by atoms with Crippen LogP contribution in [0.15, 0.2) is 97.1 Å². The molecule has 0 unspecified atom stereocenters. The van der Waals surface area contributed by atoms with E-state index in [0.717, 1.165) is 52.6 Å². The molecule has 4 aromatic rings. The van der Waals surface area contributed by atoms with Crippen molar-refractivity contribution in [1.82, 2.24) is 10.2 Å². The molecule has 256 valence electrons. The van der Waals surface area contributed by atoms with Gasteiger partial charge in [0.15, 0.2) is 0 Å². The molecule has 0 fully saturated rings. The molecule has 0 saturated carbocycles. The summed E-state index contributed by atoms with van der Waals surface area (Å²) in [5, 5.41) is 12.8. The van der Waals surface area contributed by atoms with Crippen LogP contribution in [0.5, 0.6) is 5.75 Å². The normalized spacial score (nSPS) is 14.8. The van der Waals surface area contributed by atoms with Crippen molar-refractivity contribution in [2.75, 3.05) is 0 Å². The third-order valence-electron chi connectivity index (χ3n) is 8.60. The van der Waals surface area contributed by atoms with Crippen LogP contribution in [0.2, 0.25) is 0 Å². The lowest BCUT2D eigenvalue weighted by atomic mass is 9.93. The zero-order chi connectivity index (χ0) is 35.0. The van der Waals surface area contributed by atoms with Gasteiger partial charge in [-0.05, 0) is 84.7 Å². The van der Waals surface area contributed by atoms with E-state index in [1.165, 1.54) is 10.5 Å². The number of aryl methyl sites for hydroxylation is 1. The molecule has 2 N–H and O–H groups in total. The average molecular weight is 663 g/mol. The van der Waals surface area contributed by atoms with Crippen LogP contribution in [0, 0.1) is 0 Å². The van der Waals surface area contributed by atoms with Crippen LogP contribution in [0.25, 0.3) is 11.1 Å². The number of hydrogen-bond acceptors (Lipinski definition) is 5. The Bertz CT molecular complexity index is 1730. The summed E-state index contributed by atoms with van der Waals surface area (Å²) in [5.74, 6) is -1.05. The number of amides is 2. The number of nitrogens with one attached hydrogen (secondary N) is 1. The Labute approximate surface area is 289 Å².